The summed E-state index contributed by atoms with van der Waals surface area (Å²) in [6.07, 6.45) is 0.117. The second-order valence-electron chi connectivity index (χ2n) is 9.36. The fourth-order valence-electron chi connectivity index (χ4n) is 4.96. The van der Waals surface area contributed by atoms with E-state index in [1.54, 1.807) is 14.0 Å². The third kappa shape index (κ3) is 5.53. The number of fused-ring (bicyclic) bond motifs is 1. The molecule has 40 heavy (non-hydrogen) atoms. The largest absolute Gasteiger partial charge is 0.496 e. The van der Waals surface area contributed by atoms with Gasteiger partial charge in [-0.05, 0) is 30.9 Å². The summed E-state index contributed by atoms with van der Waals surface area (Å²) in [4.78, 5) is 33.9. The van der Waals surface area contributed by atoms with Gasteiger partial charge >= 0.3 is 5.97 Å². The maximum atomic E-state index is 13.7. The Labute approximate surface area is 238 Å². The Balaban J connectivity index is 1.56. The third-order valence-corrected chi connectivity index (χ3v) is 7.69. The van der Waals surface area contributed by atoms with Crippen molar-refractivity contribution < 1.29 is 19.1 Å². The number of thioether (sulfide) groups is 1. The summed E-state index contributed by atoms with van der Waals surface area (Å²) in [6, 6.07) is 26.3. The summed E-state index contributed by atoms with van der Waals surface area (Å²) in [7, 11) is 1.61. The van der Waals surface area contributed by atoms with Crippen molar-refractivity contribution in [2.45, 2.75) is 32.4 Å². The van der Waals surface area contributed by atoms with Crippen molar-refractivity contribution in [3.05, 3.63) is 118 Å². The van der Waals surface area contributed by atoms with Crippen molar-refractivity contribution in [3.63, 3.8) is 0 Å². The van der Waals surface area contributed by atoms with Crippen LogP contribution in [0.3, 0.4) is 0 Å². The summed E-state index contributed by atoms with van der Waals surface area (Å²) in [5.74, 6) is 0.0403. The fourth-order valence-corrected chi connectivity index (χ4v) is 5.88. The highest BCUT2D eigenvalue weighted by Crippen LogP contribution is 2.48. The van der Waals surface area contributed by atoms with Gasteiger partial charge in [-0.15, -0.1) is 0 Å². The molecule has 0 saturated heterocycles. The number of ether oxygens (including phenoxy) is 2. The van der Waals surface area contributed by atoms with Crippen LogP contribution in [0.4, 0.5) is 0 Å². The number of nitrogens with one attached hydrogen (secondary N) is 1. The number of benzene rings is 3. The molecule has 3 aromatic rings. The van der Waals surface area contributed by atoms with Crippen LogP contribution in [0.15, 0.2) is 107 Å². The van der Waals surface area contributed by atoms with Gasteiger partial charge in [-0.25, -0.2) is 9.79 Å². The van der Waals surface area contributed by atoms with E-state index in [4.69, 9.17) is 14.5 Å². The maximum absolute atomic E-state index is 13.7. The number of aliphatic imine (C=N–C) groups is 1. The molecule has 0 radical (unpaired) electrons. The molecule has 2 atom stereocenters. The van der Waals surface area contributed by atoms with E-state index in [1.165, 1.54) is 11.8 Å². The lowest BCUT2D eigenvalue weighted by molar-refractivity contribution is -0.139. The molecule has 0 aliphatic carbocycles. The number of hydrogen-bond donors (Lipinski definition) is 1. The van der Waals surface area contributed by atoms with Gasteiger partial charge in [-0.1, -0.05) is 90.6 Å². The summed E-state index contributed by atoms with van der Waals surface area (Å²) in [6.45, 7) is 3.96. The minimum absolute atomic E-state index is 0.117. The van der Waals surface area contributed by atoms with Gasteiger partial charge in [0.15, 0.2) is 5.17 Å². The highest BCUT2D eigenvalue weighted by Gasteiger charge is 2.43. The molecule has 2 aliphatic rings. The number of para-hydroxylation sites is 1. The van der Waals surface area contributed by atoms with E-state index in [2.05, 4.69) is 5.32 Å². The molecule has 0 fully saturated rings. The van der Waals surface area contributed by atoms with E-state index >= 15 is 0 Å². The molecular weight excluding hydrogens is 522 g/mol. The van der Waals surface area contributed by atoms with Crippen molar-refractivity contribution in [3.8, 4) is 5.75 Å². The number of methoxy groups -OCH3 is 1. The Morgan fingerprint density at radius 1 is 1.00 bits per heavy atom. The van der Waals surface area contributed by atoms with Crippen molar-refractivity contribution >= 4 is 34.5 Å². The zero-order valence-electron chi connectivity index (χ0n) is 22.7. The number of hydrogen-bond acceptors (Lipinski definition) is 7. The van der Waals surface area contributed by atoms with Crippen LogP contribution in [0.1, 0.15) is 49.0 Å². The zero-order valence-corrected chi connectivity index (χ0v) is 23.5. The van der Waals surface area contributed by atoms with Gasteiger partial charge < -0.3 is 19.7 Å². The summed E-state index contributed by atoms with van der Waals surface area (Å²) >= 11 is 1.44. The van der Waals surface area contributed by atoms with E-state index in [-0.39, 0.29) is 25.0 Å². The van der Waals surface area contributed by atoms with E-state index in [1.807, 2.05) is 102 Å². The SMILES string of the molecule is CCOC(=O)C1=C(c2ccccc2)N=C2SC=C(CC(=O)N[C@@H](C)c3ccccc3)N2[C@H]1c1ccccc1OC. The molecule has 3 aromatic carbocycles. The lowest BCUT2D eigenvalue weighted by atomic mass is 9.91. The Morgan fingerprint density at radius 3 is 2.38 bits per heavy atom. The number of amides is 1. The predicted molar refractivity (Wildman–Crippen MR) is 158 cm³/mol. The molecule has 0 bridgehead atoms. The van der Waals surface area contributed by atoms with Gasteiger partial charge in [-0.3, -0.25) is 4.79 Å². The summed E-state index contributed by atoms with van der Waals surface area (Å²) in [5.41, 5.74) is 4.30. The minimum Gasteiger partial charge on any atom is -0.496 e. The summed E-state index contributed by atoms with van der Waals surface area (Å²) < 4.78 is 11.3. The molecule has 8 heteroatoms. The molecule has 204 valence electrons. The van der Waals surface area contributed by atoms with Gasteiger partial charge in [0, 0.05) is 16.8 Å². The molecule has 2 heterocycles. The molecule has 5 rings (SSSR count). The zero-order chi connectivity index (χ0) is 28.1. The molecule has 0 saturated carbocycles. The van der Waals surface area contributed by atoms with Gasteiger partial charge in [-0.2, -0.15) is 0 Å². The van der Waals surface area contributed by atoms with Crippen LogP contribution in [-0.4, -0.2) is 35.7 Å². The van der Waals surface area contributed by atoms with Crippen LogP contribution in [0.5, 0.6) is 5.75 Å². The molecule has 2 aliphatic heterocycles. The van der Waals surface area contributed by atoms with Gasteiger partial charge in [0.25, 0.3) is 0 Å². The van der Waals surface area contributed by atoms with E-state index in [0.717, 1.165) is 22.4 Å². The maximum Gasteiger partial charge on any atom is 0.338 e. The Bertz CT molecular complexity index is 1480. The molecule has 1 N–H and O–H groups in total. The Morgan fingerprint density at radius 2 is 1.68 bits per heavy atom. The topological polar surface area (TPSA) is 80.2 Å². The smallest absolute Gasteiger partial charge is 0.338 e. The second kappa shape index (κ2) is 12.3. The molecular formula is C32H31N3O4S. The lowest BCUT2D eigenvalue weighted by Gasteiger charge is -2.37. The first-order valence-electron chi connectivity index (χ1n) is 13.2. The Kier molecular flexibility index (Phi) is 8.36. The number of nitrogens with zero attached hydrogens (tertiary/aromatic N) is 2. The first-order valence-corrected chi connectivity index (χ1v) is 14.1. The number of rotatable bonds is 9. The molecule has 1 amide bonds. The van der Waals surface area contributed by atoms with Crippen molar-refractivity contribution in [1.29, 1.82) is 0 Å². The lowest BCUT2D eigenvalue weighted by Crippen LogP contribution is -2.38. The van der Waals surface area contributed by atoms with Crippen molar-refractivity contribution in [2.24, 2.45) is 4.99 Å². The van der Waals surface area contributed by atoms with E-state index in [0.29, 0.717) is 22.2 Å². The quantitative estimate of drug-likeness (QED) is 0.316. The molecule has 0 aromatic heterocycles. The van der Waals surface area contributed by atoms with Crippen LogP contribution < -0.4 is 10.1 Å². The third-order valence-electron chi connectivity index (χ3n) is 6.80. The number of amidine groups is 1. The average Bonchev–Trinajstić information content (AvgIpc) is 3.39. The van der Waals surface area contributed by atoms with Crippen LogP contribution in [0.25, 0.3) is 5.70 Å². The highest BCUT2D eigenvalue weighted by atomic mass is 32.2. The van der Waals surface area contributed by atoms with E-state index in [9.17, 15) is 9.59 Å². The van der Waals surface area contributed by atoms with Crippen molar-refractivity contribution in [2.75, 3.05) is 13.7 Å². The monoisotopic (exact) mass is 553 g/mol. The van der Waals surface area contributed by atoms with Gasteiger partial charge in [0.2, 0.25) is 5.91 Å². The van der Waals surface area contributed by atoms with E-state index < -0.39 is 12.0 Å². The number of carbonyl (C=O) groups excluding carboxylic acids is 2. The molecule has 7 nitrogen and oxygen atoms in total. The predicted octanol–water partition coefficient (Wildman–Crippen LogP) is 6.24. The number of esters is 1. The standard InChI is InChI=1S/C32H31N3O4S/c1-4-39-31(37)28-29(23-15-9-6-10-16-23)34-32-35(30(28)25-17-11-12-18-26(25)38-3)24(20-40-32)19-27(36)33-21(2)22-13-7-5-8-14-22/h5-18,20-21,30H,4,19H2,1-3H3,(H,33,36)/t21-,30-/m0/s1. The van der Waals surface area contributed by atoms with Crippen LogP contribution >= 0.6 is 11.8 Å². The van der Waals surface area contributed by atoms with Gasteiger partial charge in [0.1, 0.15) is 5.75 Å². The second-order valence-corrected chi connectivity index (χ2v) is 10.2. The average molecular weight is 554 g/mol. The Hall–Kier alpha value is -4.30. The minimum atomic E-state index is -0.612. The fraction of sp³-hybridized carbons (Fsp3) is 0.219. The molecule has 0 unspecified atom stereocenters. The summed E-state index contributed by atoms with van der Waals surface area (Å²) in [5, 5.41) is 5.72. The van der Waals surface area contributed by atoms with Crippen LogP contribution in [-0.2, 0) is 14.3 Å². The highest BCUT2D eigenvalue weighted by molar-refractivity contribution is 8.16. The normalized spacial score (nSPS) is 17.0. The molecule has 0 spiro atoms. The van der Waals surface area contributed by atoms with Crippen LogP contribution in [0.2, 0.25) is 0 Å². The van der Waals surface area contributed by atoms with Gasteiger partial charge in [0.05, 0.1) is 43.5 Å². The van der Waals surface area contributed by atoms with Crippen molar-refractivity contribution in [1.82, 2.24) is 10.2 Å². The van der Waals surface area contributed by atoms with Crippen LogP contribution in [0, 0.1) is 0 Å². The number of carbonyl (C=O) groups is 2. The first-order chi connectivity index (χ1) is 19.5. The first kappa shape index (κ1) is 27.3.